The van der Waals surface area contributed by atoms with Crippen LogP contribution in [0.3, 0.4) is 0 Å². The van der Waals surface area contributed by atoms with Crippen LogP contribution in [0.1, 0.15) is 13.8 Å². The third kappa shape index (κ3) is 4.35. The molecule has 6 nitrogen and oxygen atoms in total. The third-order valence-electron chi connectivity index (χ3n) is 3.17. The maximum atomic E-state index is 11.8. The van der Waals surface area contributed by atoms with E-state index in [1.165, 1.54) is 11.8 Å². The zero-order valence-corrected chi connectivity index (χ0v) is 15.1. The number of amides is 3. The summed E-state index contributed by atoms with van der Waals surface area (Å²) in [7, 11) is 0. The Labute approximate surface area is 147 Å². The van der Waals surface area contributed by atoms with Gasteiger partial charge in [0.25, 0.3) is 0 Å². The Morgan fingerprint density at radius 1 is 1.39 bits per heavy atom. The first-order valence-electron chi connectivity index (χ1n) is 7.00. The van der Waals surface area contributed by atoms with Crippen LogP contribution in [0.5, 0.6) is 0 Å². The number of nitrogens with zero attached hydrogens (tertiary/aromatic N) is 2. The maximum absolute atomic E-state index is 11.8. The lowest BCUT2D eigenvalue weighted by atomic mass is 10.2. The largest absolute Gasteiger partial charge is 0.351 e. The van der Waals surface area contributed by atoms with Gasteiger partial charge in [0.1, 0.15) is 0 Å². The molecule has 1 aromatic heterocycles. The number of nitrogens with two attached hydrogens (primary N) is 1. The van der Waals surface area contributed by atoms with Gasteiger partial charge in [0, 0.05) is 11.0 Å². The number of imidazole rings is 1. The van der Waals surface area contributed by atoms with Gasteiger partial charge in [-0.1, -0.05) is 39.8 Å². The highest BCUT2D eigenvalue weighted by Crippen LogP contribution is 2.29. The number of hydrogen-bond donors (Lipinski definition) is 2. The molecule has 0 aliphatic heterocycles. The SMILES string of the molecule is CCn1c(-c2ccc(Br)cc2)cnc1S[C@H](C)C(=O)NC(N)=O. The predicted octanol–water partition coefficient (Wildman–Crippen LogP) is 3.01. The van der Waals surface area contributed by atoms with Gasteiger partial charge in [0.15, 0.2) is 5.16 Å². The summed E-state index contributed by atoms with van der Waals surface area (Å²) in [5.41, 5.74) is 6.99. The van der Waals surface area contributed by atoms with Crippen molar-refractivity contribution in [1.29, 1.82) is 0 Å². The normalized spacial score (nSPS) is 12.0. The van der Waals surface area contributed by atoms with Crippen LogP contribution in [-0.2, 0) is 11.3 Å². The second-order valence-corrected chi connectivity index (χ2v) is 7.01. The second-order valence-electron chi connectivity index (χ2n) is 4.79. The van der Waals surface area contributed by atoms with Gasteiger partial charge in [-0.05, 0) is 31.5 Å². The molecule has 0 saturated carbocycles. The monoisotopic (exact) mass is 396 g/mol. The molecular formula is C15H17BrN4O2S. The average Bonchev–Trinajstić information content (AvgIpc) is 2.89. The number of carbonyl (C=O) groups is 2. The van der Waals surface area contributed by atoms with E-state index >= 15 is 0 Å². The van der Waals surface area contributed by atoms with E-state index in [0.29, 0.717) is 0 Å². The number of carbonyl (C=O) groups excluding carboxylic acids is 2. The van der Waals surface area contributed by atoms with Crippen molar-refractivity contribution in [3.8, 4) is 11.3 Å². The van der Waals surface area contributed by atoms with Crippen LogP contribution >= 0.6 is 27.7 Å². The highest BCUT2D eigenvalue weighted by atomic mass is 79.9. The number of halogens is 1. The molecule has 122 valence electrons. The summed E-state index contributed by atoms with van der Waals surface area (Å²) >= 11 is 4.70. The van der Waals surface area contributed by atoms with Crippen molar-refractivity contribution in [2.24, 2.45) is 5.73 Å². The molecule has 0 unspecified atom stereocenters. The summed E-state index contributed by atoms with van der Waals surface area (Å²) in [5.74, 6) is -0.432. The van der Waals surface area contributed by atoms with Crippen molar-refractivity contribution in [2.75, 3.05) is 0 Å². The van der Waals surface area contributed by atoms with Crippen LogP contribution in [-0.4, -0.2) is 26.7 Å². The minimum Gasteiger partial charge on any atom is -0.351 e. The van der Waals surface area contributed by atoms with Crippen molar-refractivity contribution >= 4 is 39.6 Å². The highest BCUT2D eigenvalue weighted by Gasteiger charge is 2.20. The molecule has 0 aliphatic rings. The second kappa shape index (κ2) is 7.65. The number of imide groups is 1. The lowest BCUT2D eigenvalue weighted by Gasteiger charge is -2.12. The molecule has 3 amide bonds. The Kier molecular flexibility index (Phi) is 5.84. The standard InChI is InChI=1S/C15H17BrN4O2S/c1-3-20-12(10-4-6-11(16)7-5-10)8-18-15(20)23-9(2)13(21)19-14(17)22/h4-9H,3H2,1-2H3,(H3,17,19,21,22)/t9-/m1/s1. The van der Waals surface area contributed by atoms with E-state index in [9.17, 15) is 9.59 Å². The molecule has 0 saturated heterocycles. The molecular weight excluding hydrogens is 380 g/mol. The van der Waals surface area contributed by atoms with Crippen LogP contribution in [0.2, 0.25) is 0 Å². The summed E-state index contributed by atoms with van der Waals surface area (Å²) in [4.78, 5) is 27.0. The molecule has 0 spiro atoms. The summed E-state index contributed by atoms with van der Waals surface area (Å²) in [5, 5.41) is 2.32. The van der Waals surface area contributed by atoms with E-state index in [0.717, 1.165) is 27.4 Å². The fourth-order valence-corrected chi connectivity index (χ4v) is 3.26. The fraction of sp³-hybridized carbons (Fsp3) is 0.267. The van der Waals surface area contributed by atoms with Crippen LogP contribution in [0, 0.1) is 0 Å². The first kappa shape index (κ1) is 17.6. The van der Waals surface area contributed by atoms with Gasteiger partial charge in [-0.2, -0.15) is 0 Å². The first-order valence-corrected chi connectivity index (χ1v) is 8.68. The van der Waals surface area contributed by atoms with E-state index in [4.69, 9.17) is 5.73 Å². The van der Waals surface area contributed by atoms with Crippen molar-refractivity contribution in [2.45, 2.75) is 30.8 Å². The third-order valence-corrected chi connectivity index (χ3v) is 4.81. The molecule has 2 rings (SSSR count). The molecule has 1 atom stereocenters. The van der Waals surface area contributed by atoms with Gasteiger partial charge in [0.05, 0.1) is 17.1 Å². The number of aromatic nitrogens is 2. The van der Waals surface area contributed by atoms with Gasteiger partial charge in [-0.15, -0.1) is 0 Å². The number of primary amides is 1. The lowest BCUT2D eigenvalue weighted by molar-refractivity contribution is -0.119. The number of rotatable bonds is 5. The smallest absolute Gasteiger partial charge is 0.318 e. The summed E-state index contributed by atoms with van der Waals surface area (Å²) in [6.45, 7) is 4.44. The number of benzene rings is 1. The zero-order valence-electron chi connectivity index (χ0n) is 12.7. The van der Waals surface area contributed by atoms with Crippen LogP contribution in [0.25, 0.3) is 11.3 Å². The highest BCUT2D eigenvalue weighted by molar-refractivity contribution is 9.10. The molecule has 0 aliphatic carbocycles. The Balaban J connectivity index is 2.22. The fourth-order valence-electron chi connectivity index (χ4n) is 2.04. The Morgan fingerprint density at radius 2 is 2.04 bits per heavy atom. The first-order chi connectivity index (χ1) is 10.9. The lowest BCUT2D eigenvalue weighted by Crippen LogP contribution is -2.39. The van der Waals surface area contributed by atoms with E-state index < -0.39 is 17.2 Å². The number of hydrogen-bond acceptors (Lipinski definition) is 4. The van der Waals surface area contributed by atoms with Crippen molar-refractivity contribution in [3.05, 3.63) is 34.9 Å². The zero-order chi connectivity index (χ0) is 17.0. The van der Waals surface area contributed by atoms with Crippen LogP contribution < -0.4 is 11.1 Å². The van der Waals surface area contributed by atoms with Gasteiger partial charge < -0.3 is 10.3 Å². The van der Waals surface area contributed by atoms with Crippen LogP contribution in [0.15, 0.2) is 40.1 Å². The molecule has 1 aromatic carbocycles. The number of nitrogens with one attached hydrogen (secondary N) is 1. The summed E-state index contributed by atoms with van der Waals surface area (Å²) in [6, 6.07) is 7.10. The van der Waals surface area contributed by atoms with E-state index in [-0.39, 0.29) is 0 Å². The molecule has 0 fully saturated rings. The Hall–Kier alpha value is -1.80. The van der Waals surface area contributed by atoms with Gasteiger partial charge in [-0.25, -0.2) is 9.78 Å². The Morgan fingerprint density at radius 3 is 2.61 bits per heavy atom. The maximum Gasteiger partial charge on any atom is 0.318 e. The quantitative estimate of drug-likeness (QED) is 0.759. The molecule has 0 bridgehead atoms. The molecule has 0 radical (unpaired) electrons. The van der Waals surface area contributed by atoms with Crippen molar-refractivity contribution < 1.29 is 9.59 Å². The minimum atomic E-state index is -0.850. The van der Waals surface area contributed by atoms with Crippen molar-refractivity contribution in [3.63, 3.8) is 0 Å². The number of thioether (sulfide) groups is 1. The topological polar surface area (TPSA) is 90.0 Å². The van der Waals surface area contributed by atoms with E-state index in [2.05, 4.69) is 26.2 Å². The van der Waals surface area contributed by atoms with Gasteiger partial charge >= 0.3 is 6.03 Å². The molecule has 1 heterocycles. The predicted molar refractivity (Wildman–Crippen MR) is 94.1 cm³/mol. The molecule has 2 aromatic rings. The van der Waals surface area contributed by atoms with Crippen LogP contribution in [0.4, 0.5) is 4.79 Å². The van der Waals surface area contributed by atoms with E-state index in [1.807, 2.05) is 35.8 Å². The summed E-state index contributed by atoms with van der Waals surface area (Å²) < 4.78 is 3.04. The van der Waals surface area contributed by atoms with Gasteiger partial charge in [-0.3, -0.25) is 10.1 Å². The summed E-state index contributed by atoms with van der Waals surface area (Å²) in [6.07, 6.45) is 1.79. The molecule has 8 heteroatoms. The molecule has 3 N–H and O–H groups in total. The van der Waals surface area contributed by atoms with Crippen molar-refractivity contribution in [1.82, 2.24) is 14.9 Å². The average molecular weight is 397 g/mol. The van der Waals surface area contributed by atoms with Gasteiger partial charge in [0.2, 0.25) is 5.91 Å². The van der Waals surface area contributed by atoms with E-state index in [1.54, 1.807) is 13.1 Å². The Bertz CT molecular complexity index is 715. The minimum absolute atomic E-state index is 0.432. The number of urea groups is 1. The molecule has 23 heavy (non-hydrogen) atoms.